The first-order valence-corrected chi connectivity index (χ1v) is 6.47. The Morgan fingerprint density at radius 3 is 2.50 bits per heavy atom. The zero-order chi connectivity index (χ0) is 13.0. The van der Waals surface area contributed by atoms with Crippen molar-refractivity contribution in [3.05, 3.63) is 23.8 Å². The minimum atomic E-state index is -1.03. The molecule has 98 valence electrons. The minimum absolute atomic E-state index is 0.0850. The first-order valence-electron chi connectivity index (χ1n) is 6.47. The van der Waals surface area contributed by atoms with Crippen LogP contribution in [0.3, 0.4) is 0 Å². The van der Waals surface area contributed by atoms with Gasteiger partial charge in [-0.25, -0.2) is 4.79 Å². The Balaban J connectivity index is 2.17. The van der Waals surface area contributed by atoms with Crippen molar-refractivity contribution in [1.82, 2.24) is 0 Å². The normalized spacial score (nSPS) is 17.1. The summed E-state index contributed by atoms with van der Waals surface area (Å²) in [6, 6.07) is 5.00. The predicted molar refractivity (Wildman–Crippen MR) is 69.9 cm³/mol. The van der Waals surface area contributed by atoms with Gasteiger partial charge in [-0.3, -0.25) is 0 Å². The highest BCUT2D eigenvalue weighted by Gasteiger charge is 2.19. The molecular weight excluding hydrogens is 230 g/mol. The van der Waals surface area contributed by atoms with Crippen molar-refractivity contribution in [1.29, 1.82) is 0 Å². The molecule has 1 aliphatic rings. The van der Waals surface area contributed by atoms with E-state index < -0.39 is 5.97 Å². The highest BCUT2D eigenvalue weighted by molar-refractivity contribution is 5.96. The lowest BCUT2D eigenvalue weighted by molar-refractivity contribution is 0.0689. The second-order valence-electron chi connectivity index (χ2n) is 4.76. The number of hydrogen-bond acceptors (Lipinski definition) is 3. The van der Waals surface area contributed by atoms with Crippen LogP contribution in [0.1, 0.15) is 48.9 Å². The van der Waals surface area contributed by atoms with E-state index in [1.807, 2.05) is 0 Å². The number of anilines is 1. The van der Waals surface area contributed by atoms with Gasteiger partial charge in [0.2, 0.25) is 0 Å². The molecule has 1 fully saturated rings. The quantitative estimate of drug-likeness (QED) is 0.638. The molecule has 2 rings (SSSR count). The highest BCUT2D eigenvalue weighted by Crippen LogP contribution is 2.28. The summed E-state index contributed by atoms with van der Waals surface area (Å²) in [5, 5.41) is 9.17. The summed E-state index contributed by atoms with van der Waals surface area (Å²) in [5.74, 6) is -0.633. The molecule has 4 nitrogen and oxygen atoms in total. The highest BCUT2D eigenvalue weighted by atomic mass is 16.5. The lowest BCUT2D eigenvalue weighted by Crippen LogP contribution is -2.17. The molecule has 0 unspecified atom stereocenters. The van der Waals surface area contributed by atoms with Gasteiger partial charge in [-0.2, -0.15) is 0 Å². The molecule has 0 saturated heterocycles. The molecule has 4 heteroatoms. The number of nitrogen functional groups attached to an aromatic ring is 1. The van der Waals surface area contributed by atoms with Crippen LogP contribution < -0.4 is 10.5 Å². The average Bonchev–Trinajstić information content (AvgIpc) is 2.57. The van der Waals surface area contributed by atoms with Crippen molar-refractivity contribution in [3.63, 3.8) is 0 Å². The summed E-state index contributed by atoms with van der Waals surface area (Å²) < 4.78 is 5.85. The number of rotatable bonds is 3. The molecule has 0 spiro atoms. The van der Waals surface area contributed by atoms with Crippen LogP contribution in [0, 0.1) is 0 Å². The van der Waals surface area contributed by atoms with Gasteiger partial charge >= 0.3 is 5.97 Å². The Morgan fingerprint density at radius 2 is 1.89 bits per heavy atom. The van der Waals surface area contributed by atoms with Gasteiger partial charge in [0.15, 0.2) is 0 Å². The lowest BCUT2D eigenvalue weighted by Gasteiger charge is -2.19. The van der Waals surface area contributed by atoms with Gasteiger partial charge in [0.05, 0.1) is 6.10 Å². The lowest BCUT2D eigenvalue weighted by atomic mass is 10.1. The Bertz CT molecular complexity index is 423. The number of carboxylic acid groups (broad SMARTS) is 1. The number of aromatic carboxylic acids is 1. The Morgan fingerprint density at radius 1 is 1.22 bits per heavy atom. The fourth-order valence-corrected chi connectivity index (χ4v) is 2.41. The van der Waals surface area contributed by atoms with Gasteiger partial charge in [0, 0.05) is 5.69 Å². The van der Waals surface area contributed by atoms with E-state index in [1.165, 1.54) is 12.8 Å². The van der Waals surface area contributed by atoms with Crippen LogP contribution in [0.15, 0.2) is 18.2 Å². The van der Waals surface area contributed by atoms with Crippen LogP contribution >= 0.6 is 0 Å². The second kappa shape index (κ2) is 5.76. The predicted octanol–water partition coefficient (Wildman–Crippen LogP) is 3.07. The van der Waals surface area contributed by atoms with E-state index in [-0.39, 0.29) is 17.4 Å². The third-order valence-electron chi connectivity index (χ3n) is 3.37. The molecule has 3 N–H and O–H groups in total. The van der Waals surface area contributed by atoms with Crippen LogP contribution in [-0.4, -0.2) is 17.2 Å². The number of carboxylic acids is 1. The van der Waals surface area contributed by atoms with Gasteiger partial charge in [-0.1, -0.05) is 18.9 Å². The van der Waals surface area contributed by atoms with Crippen molar-refractivity contribution in [2.45, 2.75) is 44.6 Å². The maximum atomic E-state index is 11.2. The van der Waals surface area contributed by atoms with E-state index >= 15 is 0 Å². The molecule has 0 bridgehead atoms. The van der Waals surface area contributed by atoms with Crippen LogP contribution in [0.4, 0.5) is 5.69 Å². The van der Waals surface area contributed by atoms with Crippen molar-refractivity contribution in [2.75, 3.05) is 5.73 Å². The van der Waals surface area contributed by atoms with Gasteiger partial charge in [0.1, 0.15) is 11.3 Å². The summed E-state index contributed by atoms with van der Waals surface area (Å²) >= 11 is 0. The third kappa shape index (κ3) is 2.94. The standard InChI is InChI=1S/C14H19NO3/c15-11-8-5-9-12(13(11)14(16)17)18-10-6-3-1-2-4-7-10/h5,8-10H,1-4,6-7,15H2,(H,16,17). The van der Waals surface area contributed by atoms with Gasteiger partial charge in [0.25, 0.3) is 0 Å². The minimum Gasteiger partial charge on any atom is -0.489 e. The molecule has 1 aromatic carbocycles. The summed E-state index contributed by atoms with van der Waals surface area (Å²) in [6.45, 7) is 0. The van der Waals surface area contributed by atoms with E-state index in [0.29, 0.717) is 5.75 Å². The van der Waals surface area contributed by atoms with Crippen LogP contribution in [-0.2, 0) is 0 Å². The van der Waals surface area contributed by atoms with Gasteiger partial charge in [-0.15, -0.1) is 0 Å². The van der Waals surface area contributed by atoms with Crippen LogP contribution in [0.2, 0.25) is 0 Å². The van der Waals surface area contributed by atoms with Crippen molar-refractivity contribution in [2.24, 2.45) is 0 Å². The molecule has 0 aliphatic heterocycles. The third-order valence-corrected chi connectivity index (χ3v) is 3.37. The molecule has 1 aliphatic carbocycles. The average molecular weight is 249 g/mol. The maximum absolute atomic E-state index is 11.2. The van der Waals surface area contributed by atoms with E-state index in [0.717, 1.165) is 25.7 Å². The number of nitrogens with two attached hydrogens (primary N) is 1. The molecular formula is C14H19NO3. The number of hydrogen-bond donors (Lipinski definition) is 2. The first kappa shape index (κ1) is 12.7. The smallest absolute Gasteiger partial charge is 0.341 e. The molecule has 18 heavy (non-hydrogen) atoms. The number of benzene rings is 1. The van der Waals surface area contributed by atoms with E-state index in [1.54, 1.807) is 18.2 Å². The Hall–Kier alpha value is -1.71. The summed E-state index contributed by atoms with van der Waals surface area (Å²) in [4.78, 5) is 11.2. The van der Waals surface area contributed by atoms with Crippen molar-refractivity contribution >= 4 is 11.7 Å². The molecule has 1 saturated carbocycles. The Kier molecular flexibility index (Phi) is 4.07. The summed E-state index contributed by atoms with van der Waals surface area (Å²) in [5.41, 5.74) is 6.04. The zero-order valence-corrected chi connectivity index (χ0v) is 10.4. The zero-order valence-electron chi connectivity index (χ0n) is 10.4. The SMILES string of the molecule is Nc1cccc(OC2CCCCCC2)c1C(=O)O. The molecule has 0 aromatic heterocycles. The fraction of sp³-hybridized carbons (Fsp3) is 0.500. The molecule has 0 atom stereocenters. The molecule has 0 radical (unpaired) electrons. The first-order chi connectivity index (χ1) is 8.68. The van der Waals surface area contributed by atoms with E-state index in [2.05, 4.69) is 0 Å². The molecule has 0 heterocycles. The summed E-state index contributed by atoms with van der Waals surface area (Å²) in [7, 11) is 0. The Labute approximate surface area is 107 Å². The topological polar surface area (TPSA) is 72.5 Å². The molecule has 1 aromatic rings. The maximum Gasteiger partial charge on any atom is 0.341 e. The van der Waals surface area contributed by atoms with Gasteiger partial charge < -0.3 is 15.6 Å². The fourth-order valence-electron chi connectivity index (χ4n) is 2.41. The van der Waals surface area contributed by atoms with Gasteiger partial charge in [-0.05, 0) is 37.8 Å². The monoisotopic (exact) mass is 249 g/mol. The van der Waals surface area contributed by atoms with Crippen LogP contribution in [0.5, 0.6) is 5.75 Å². The van der Waals surface area contributed by atoms with Crippen LogP contribution in [0.25, 0.3) is 0 Å². The van der Waals surface area contributed by atoms with Crippen molar-refractivity contribution in [3.8, 4) is 5.75 Å². The van der Waals surface area contributed by atoms with E-state index in [4.69, 9.17) is 10.5 Å². The van der Waals surface area contributed by atoms with E-state index in [9.17, 15) is 9.90 Å². The van der Waals surface area contributed by atoms with Crippen molar-refractivity contribution < 1.29 is 14.6 Å². The number of ether oxygens (including phenoxy) is 1. The summed E-state index contributed by atoms with van der Waals surface area (Å²) in [6.07, 6.45) is 6.88. The number of carbonyl (C=O) groups is 1. The second-order valence-corrected chi connectivity index (χ2v) is 4.76. The largest absolute Gasteiger partial charge is 0.489 e. The molecule has 0 amide bonds.